The molecule has 0 aromatic heterocycles. The summed E-state index contributed by atoms with van der Waals surface area (Å²) in [5.41, 5.74) is 6.12. The first kappa shape index (κ1) is 10.6. The van der Waals surface area contributed by atoms with Crippen LogP contribution in [-0.4, -0.2) is 47.2 Å². The molecule has 0 spiro atoms. The summed E-state index contributed by atoms with van der Waals surface area (Å²) in [6.07, 6.45) is 2.10. The highest BCUT2D eigenvalue weighted by Gasteiger charge is 2.32. The normalized spacial score (nSPS) is 26.6. The van der Waals surface area contributed by atoms with Crippen LogP contribution >= 0.6 is 0 Å². The molecule has 1 aliphatic carbocycles. The van der Waals surface area contributed by atoms with E-state index < -0.39 is 12.1 Å². The summed E-state index contributed by atoms with van der Waals surface area (Å²) < 4.78 is 0. The largest absolute Gasteiger partial charge is 0.386 e. The summed E-state index contributed by atoms with van der Waals surface area (Å²) in [5, 5.41) is 9.70. The third-order valence-electron chi connectivity index (χ3n) is 2.56. The summed E-state index contributed by atoms with van der Waals surface area (Å²) in [4.78, 5) is 27.3. The first-order chi connectivity index (χ1) is 7.49. The minimum atomic E-state index is -0.919. The Morgan fingerprint density at radius 1 is 1.62 bits per heavy atom. The van der Waals surface area contributed by atoms with Crippen LogP contribution in [0.1, 0.15) is 0 Å². The molecule has 1 fully saturated rings. The Balaban J connectivity index is 2.44. The van der Waals surface area contributed by atoms with Crippen LogP contribution in [0, 0.1) is 0 Å². The van der Waals surface area contributed by atoms with Gasteiger partial charge in [-0.1, -0.05) is 0 Å². The van der Waals surface area contributed by atoms with Gasteiger partial charge in [0.15, 0.2) is 0 Å². The maximum atomic E-state index is 11.6. The number of primary amides is 1. The lowest BCUT2D eigenvalue weighted by atomic mass is 10.00. The second-order valence-electron chi connectivity index (χ2n) is 3.73. The van der Waals surface area contributed by atoms with Crippen molar-refractivity contribution in [2.75, 3.05) is 13.6 Å². The number of nitrogens with two attached hydrogens (primary N) is 1. The molecule has 2 aliphatic rings. The minimum Gasteiger partial charge on any atom is -0.386 e. The molecule has 1 aliphatic heterocycles. The van der Waals surface area contributed by atoms with E-state index in [4.69, 9.17) is 5.73 Å². The van der Waals surface area contributed by atoms with Crippen LogP contribution in [0.15, 0.2) is 28.4 Å². The fourth-order valence-electron chi connectivity index (χ4n) is 1.83. The lowest BCUT2D eigenvalue weighted by Gasteiger charge is -2.14. The number of amides is 2. The van der Waals surface area contributed by atoms with Crippen molar-refractivity contribution in [1.82, 2.24) is 4.90 Å². The lowest BCUT2D eigenvalue weighted by molar-refractivity contribution is -0.108. The van der Waals surface area contributed by atoms with E-state index in [0.717, 1.165) is 0 Å². The van der Waals surface area contributed by atoms with Crippen molar-refractivity contribution >= 4 is 17.5 Å². The van der Waals surface area contributed by atoms with Crippen molar-refractivity contribution in [3.05, 3.63) is 23.4 Å². The number of aliphatic hydroxyl groups is 1. The Morgan fingerprint density at radius 3 is 2.94 bits per heavy atom. The Labute approximate surface area is 91.7 Å². The van der Waals surface area contributed by atoms with E-state index in [-0.39, 0.29) is 11.5 Å². The van der Waals surface area contributed by atoms with E-state index >= 15 is 0 Å². The van der Waals surface area contributed by atoms with Gasteiger partial charge in [0.2, 0.25) is 5.78 Å². The van der Waals surface area contributed by atoms with Gasteiger partial charge in [-0.05, 0) is 6.08 Å². The molecule has 0 saturated carbocycles. The van der Waals surface area contributed by atoms with Crippen molar-refractivity contribution < 1.29 is 14.7 Å². The van der Waals surface area contributed by atoms with Gasteiger partial charge in [-0.3, -0.25) is 4.79 Å². The number of nitrogens with zero attached hydrogens (tertiary/aromatic N) is 2. The first-order valence-corrected chi connectivity index (χ1v) is 4.74. The predicted molar refractivity (Wildman–Crippen MR) is 56.8 cm³/mol. The van der Waals surface area contributed by atoms with E-state index in [1.54, 1.807) is 11.9 Å². The number of aliphatic hydroxyl groups excluding tert-OH is 1. The minimum absolute atomic E-state index is 0.0272. The van der Waals surface area contributed by atoms with Gasteiger partial charge in [0.1, 0.15) is 5.71 Å². The average Bonchev–Trinajstić information content (AvgIpc) is 2.43. The van der Waals surface area contributed by atoms with Gasteiger partial charge in [-0.15, -0.1) is 0 Å². The summed E-state index contributed by atoms with van der Waals surface area (Å²) in [5.74, 6) is -0.376. The zero-order valence-corrected chi connectivity index (χ0v) is 8.67. The number of carbonyl (C=O) groups is 2. The summed E-state index contributed by atoms with van der Waals surface area (Å²) in [6, 6.07) is -0.919. The standard InChI is InChI=1S/C10H11N3O3/c1-13-4-9(15)5-2-6(12-10(11)16)8(14)3-7(5)13/h2-3,9,15H,4H2,1H3,(H2,11,16)/b12-6+. The van der Waals surface area contributed by atoms with Crippen LogP contribution in [0.2, 0.25) is 0 Å². The molecule has 0 bridgehead atoms. The van der Waals surface area contributed by atoms with E-state index in [9.17, 15) is 14.7 Å². The number of carbonyl (C=O) groups excluding carboxylic acids is 2. The number of fused-ring (bicyclic) bond motifs is 1. The summed E-state index contributed by atoms with van der Waals surface area (Å²) >= 11 is 0. The lowest BCUT2D eigenvalue weighted by Crippen LogP contribution is -2.21. The highest BCUT2D eigenvalue weighted by molar-refractivity contribution is 6.50. The molecule has 3 N–H and O–H groups in total. The molecule has 16 heavy (non-hydrogen) atoms. The average molecular weight is 221 g/mol. The van der Waals surface area contributed by atoms with Crippen LogP contribution in [0.4, 0.5) is 4.79 Å². The van der Waals surface area contributed by atoms with E-state index in [1.807, 2.05) is 0 Å². The zero-order valence-electron chi connectivity index (χ0n) is 8.67. The van der Waals surface area contributed by atoms with E-state index in [0.29, 0.717) is 17.8 Å². The van der Waals surface area contributed by atoms with Gasteiger partial charge in [-0.25, -0.2) is 4.79 Å². The number of likely N-dealkylation sites (tertiary alicyclic amines) is 1. The fourth-order valence-corrected chi connectivity index (χ4v) is 1.83. The van der Waals surface area contributed by atoms with Gasteiger partial charge in [0, 0.05) is 30.9 Å². The molecule has 0 radical (unpaired) electrons. The van der Waals surface area contributed by atoms with Crippen LogP contribution in [0.5, 0.6) is 0 Å². The molecule has 84 valence electrons. The molecular formula is C10H11N3O3. The molecular weight excluding hydrogens is 210 g/mol. The SMILES string of the molecule is CN1CC(O)C2=C/C(=N\C(N)=O)C(=O)C=C21. The van der Waals surface area contributed by atoms with Crippen LogP contribution in [-0.2, 0) is 4.79 Å². The molecule has 1 heterocycles. The second-order valence-corrected chi connectivity index (χ2v) is 3.73. The fraction of sp³-hybridized carbons (Fsp3) is 0.300. The van der Waals surface area contributed by atoms with Crippen molar-refractivity contribution in [2.24, 2.45) is 10.7 Å². The molecule has 0 aromatic carbocycles. The highest BCUT2D eigenvalue weighted by Crippen LogP contribution is 2.28. The van der Waals surface area contributed by atoms with Gasteiger partial charge in [0.25, 0.3) is 0 Å². The van der Waals surface area contributed by atoms with Crippen LogP contribution in [0.3, 0.4) is 0 Å². The van der Waals surface area contributed by atoms with E-state index in [2.05, 4.69) is 4.99 Å². The maximum Gasteiger partial charge on any atom is 0.339 e. The molecule has 2 amide bonds. The van der Waals surface area contributed by atoms with Gasteiger partial charge in [-0.2, -0.15) is 4.99 Å². The molecule has 0 aromatic rings. The summed E-state index contributed by atoms with van der Waals surface area (Å²) in [6.45, 7) is 0.425. The third kappa shape index (κ3) is 1.63. The maximum absolute atomic E-state index is 11.6. The number of allylic oxidation sites excluding steroid dienone is 2. The number of β-amino-alcohol motifs (C(OH)–C–C–N with tert-alkyl or cyclic N) is 1. The van der Waals surface area contributed by atoms with Gasteiger partial charge >= 0.3 is 6.03 Å². The zero-order chi connectivity index (χ0) is 11.9. The quantitative estimate of drug-likeness (QED) is 0.524. The topological polar surface area (TPSA) is 96.0 Å². The monoisotopic (exact) mass is 221 g/mol. The molecule has 1 saturated heterocycles. The van der Waals surface area contributed by atoms with Crippen molar-refractivity contribution in [2.45, 2.75) is 6.10 Å². The first-order valence-electron chi connectivity index (χ1n) is 4.74. The smallest absolute Gasteiger partial charge is 0.339 e. The molecule has 6 nitrogen and oxygen atoms in total. The molecule has 1 unspecified atom stereocenters. The Bertz CT molecular complexity index is 462. The van der Waals surface area contributed by atoms with Crippen molar-refractivity contribution in [3.63, 3.8) is 0 Å². The summed E-state index contributed by atoms with van der Waals surface area (Å²) in [7, 11) is 1.78. The number of hydrogen-bond acceptors (Lipinski definition) is 4. The molecule has 1 atom stereocenters. The van der Waals surface area contributed by atoms with Crippen LogP contribution in [0.25, 0.3) is 0 Å². The number of aliphatic imine (C=N–C) groups is 1. The molecule has 2 rings (SSSR count). The Kier molecular flexibility index (Phi) is 2.35. The number of likely N-dealkylation sites (N-methyl/N-ethyl adjacent to an activating group) is 1. The predicted octanol–water partition coefficient (Wildman–Crippen LogP) is -0.795. The third-order valence-corrected chi connectivity index (χ3v) is 2.56. The Morgan fingerprint density at radius 2 is 2.31 bits per heavy atom. The van der Waals surface area contributed by atoms with Gasteiger partial charge in [0.05, 0.1) is 6.10 Å². The number of rotatable bonds is 0. The second kappa shape index (κ2) is 3.57. The number of ketones is 1. The Hall–Kier alpha value is -1.95. The van der Waals surface area contributed by atoms with Gasteiger partial charge < -0.3 is 15.7 Å². The number of urea groups is 1. The highest BCUT2D eigenvalue weighted by atomic mass is 16.3. The number of hydrogen-bond donors (Lipinski definition) is 2. The van der Waals surface area contributed by atoms with E-state index in [1.165, 1.54) is 12.2 Å². The van der Waals surface area contributed by atoms with Crippen LogP contribution < -0.4 is 5.73 Å². The van der Waals surface area contributed by atoms with Crippen molar-refractivity contribution in [3.8, 4) is 0 Å². The van der Waals surface area contributed by atoms with Crippen molar-refractivity contribution in [1.29, 1.82) is 0 Å². The molecule has 6 heteroatoms.